The lowest BCUT2D eigenvalue weighted by molar-refractivity contribution is -0.129. The molecule has 1 aromatic heterocycles. The van der Waals surface area contributed by atoms with E-state index in [9.17, 15) is 4.79 Å². The van der Waals surface area contributed by atoms with Gasteiger partial charge in [-0.1, -0.05) is 31.5 Å². The second kappa shape index (κ2) is 9.54. The molecule has 2 aromatic rings. The van der Waals surface area contributed by atoms with E-state index in [4.69, 9.17) is 16.3 Å². The van der Waals surface area contributed by atoms with Crippen molar-refractivity contribution in [1.82, 2.24) is 4.98 Å². The van der Waals surface area contributed by atoms with Crippen LogP contribution in [0.1, 0.15) is 32.9 Å². The predicted molar refractivity (Wildman–Crippen MR) is 102 cm³/mol. The number of ether oxygens (including phenoxy) is 1. The van der Waals surface area contributed by atoms with Crippen LogP contribution >= 0.6 is 11.6 Å². The molecule has 1 unspecified atom stereocenters. The van der Waals surface area contributed by atoms with Gasteiger partial charge in [-0.3, -0.25) is 9.78 Å². The quantitative estimate of drug-likeness (QED) is 0.684. The number of carbonyl (C=O) groups excluding carboxylic acids is 1. The van der Waals surface area contributed by atoms with Crippen LogP contribution in [0.15, 0.2) is 48.7 Å². The van der Waals surface area contributed by atoms with E-state index in [0.29, 0.717) is 24.1 Å². The SMILES string of the molecule is CC(C)CCOC(C)C(=O)N(Cc1ccccn1)c1ccc(Cl)cc1. The van der Waals surface area contributed by atoms with Gasteiger partial charge in [0.25, 0.3) is 5.91 Å². The van der Waals surface area contributed by atoms with Gasteiger partial charge in [-0.2, -0.15) is 0 Å². The number of aromatic nitrogens is 1. The molecule has 0 spiro atoms. The van der Waals surface area contributed by atoms with Gasteiger partial charge in [0.2, 0.25) is 0 Å². The van der Waals surface area contributed by atoms with E-state index < -0.39 is 6.10 Å². The van der Waals surface area contributed by atoms with Crippen molar-refractivity contribution in [2.75, 3.05) is 11.5 Å². The number of amides is 1. The topological polar surface area (TPSA) is 42.4 Å². The first-order valence-corrected chi connectivity index (χ1v) is 8.93. The molecule has 0 radical (unpaired) electrons. The standard InChI is InChI=1S/C20H25ClN2O2/c1-15(2)11-13-25-16(3)20(24)23(14-18-6-4-5-12-22-18)19-9-7-17(21)8-10-19/h4-10,12,15-16H,11,13-14H2,1-3H3. The Bertz CT molecular complexity index is 659. The Morgan fingerprint density at radius 3 is 2.48 bits per heavy atom. The highest BCUT2D eigenvalue weighted by Gasteiger charge is 2.23. The monoisotopic (exact) mass is 360 g/mol. The molecule has 0 fully saturated rings. The summed E-state index contributed by atoms with van der Waals surface area (Å²) < 4.78 is 5.74. The van der Waals surface area contributed by atoms with E-state index in [-0.39, 0.29) is 5.91 Å². The molecule has 1 amide bonds. The third-order valence-electron chi connectivity index (χ3n) is 3.86. The Kier molecular flexibility index (Phi) is 7.41. The van der Waals surface area contributed by atoms with Crippen LogP contribution in [0, 0.1) is 5.92 Å². The molecule has 1 aromatic carbocycles. The second-order valence-electron chi connectivity index (χ2n) is 6.42. The highest BCUT2D eigenvalue weighted by atomic mass is 35.5. The zero-order valence-corrected chi connectivity index (χ0v) is 15.7. The van der Waals surface area contributed by atoms with Crippen molar-refractivity contribution in [2.24, 2.45) is 5.92 Å². The Morgan fingerprint density at radius 2 is 1.88 bits per heavy atom. The first kappa shape index (κ1) is 19.4. The lowest BCUT2D eigenvalue weighted by Crippen LogP contribution is -2.39. The van der Waals surface area contributed by atoms with Gasteiger partial charge in [0.15, 0.2) is 0 Å². The third kappa shape index (κ3) is 6.15. The van der Waals surface area contributed by atoms with Gasteiger partial charge >= 0.3 is 0 Å². The van der Waals surface area contributed by atoms with Gasteiger partial charge in [0.05, 0.1) is 12.2 Å². The summed E-state index contributed by atoms with van der Waals surface area (Å²) in [6.07, 6.45) is 2.14. The molecule has 25 heavy (non-hydrogen) atoms. The van der Waals surface area contributed by atoms with E-state index in [2.05, 4.69) is 18.8 Å². The minimum atomic E-state index is -0.516. The van der Waals surface area contributed by atoms with Gasteiger partial charge < -0.3 is 9.64 Å². The zero-order chi connectivity index (χ0) is 18.2. The molecule has 0 bridgehead atoms. The summed E-state index contributed by atoms with van der Waals surface area (Å²) in [5.74, 6) is 0.458. The molecular weight excluding hydrogens is 336 g/mol. The van der Waals surface area contributed by atoms with Crippen LogP contribution in [0.4, 0.5) is 5.69 Å². The van der Waals surface area contributed by atoms with Crippen LogP contribution in [0.2, 0.25) is 5.02 Å². The van der Waals surface area contributed by atoms with E-state index in [0.717, 1.165) is 17.8 Å². The van der Waals surface area contributed by atoms with Crippen LogP contribution in [0.5, 0.6) is 0 Å². The van der Waals surface area contributed by atoms with E-state index in [1.807, 2.05) is 30.3 Å². The first-order chi connectivity index (χ1) is 12.0. The molecule has 0 aliphatic rings. The molecule has 2 rings (SSSR count). The Labute approximate surface area is 154 Å². The number of halogens is 1. The maximum Gasteiger partial charge on any atom is 0.256 e. The summed E-state index contributed by atoms with van der Waals surface area (Å²) >= 11 is 5.98. The number of hydrogen-bond donors (Lipinski definition) is 0. The average molecular weight is 361 g/mol. The number of rotatable bonds is 8. The van der Waals surface area contributed by atoms with Crippen LogP contribution in [-0.2, 0) is 16.1 Å². The first-order valence-electron chi connectivity index (χ1n) is 8.56. The Balaban J connectivity index is 2.15. The largest absolute Gasteiger partial charge is 0.369 e. The zero-order valence-electron chi connectivity index (χ0n) is 15.0. The number of carbonyl (C=O) groups is 1. The lowest BCUT2D eigenvalue weighted by atomic mass is 10.1. The van der Waals surface area contributed by atoms with Gasteiger partial charge in [0, 0.05) is 23.5 Å². The van der Waals surface area contributed by atoms with Gasteiger partial charge in [-0.15, -0.1) is 0 Å². The molecule has 5 heteroatoms. The molecule has 0 N–H and O–H groups in total. The van der Waals surface area contributed by atoms with E-state index in [1.54, 1.807) is 30.2 Å². The van der Waals surface area contributed by atoms with Gasteiger partial charge in [-0.05, 0) is 55.7 Å². The fourth-order valence-corrected chi connectivity index (χ4v) is 2.47. The summed E-state index contributed by atoms with van der Waals surface area (Å²) in [5, 5.41) is 0.634. The fraction of sp³-hybridized carbons (Fsp3) is 0.400. The number of pyridine rings is 1. The van der Waals surface area contributed by atoms with Crippen molar-refractivity contribution >= 4 is 23.2 Å². The second-order valence-corrected chi connectivity index (χ2v) is 6.85. The summed E-state index contributed by atoms with van der Waals surface area (Å²) in [5.41, 5.74) is 1.60. The van der Waals surface area contributed by atoms with Crippen molar-refractivity contribution in [3.8, 4) is 0 Å². The summed E-state index contributed by atoms with van der Waals surface area (Å²) in [4.78, 5) is 19.0. The van der Waals surface area contributed by atoms with Crippen LogP contribution < -0.4 is 4.90 Å². The number of anilines is 1. The number of hydrogen-bond acceptors (Lipinski definition) is 3. The molecule has 0 aliphatic heterocycles. The maximum atomic E-state index is 12.9. The number of benzene rings is 1. The highest BCUT2D eigenvalue weighted by Crippen LogP contribution is 2.21. The van der Waals surface area contributed by atoms with Gasteiger partial charge in [0.1, 0.15) is 6.10 Å². The van der Waals surface area contributed by atoms with Crippen molar-refractivity contribution in [3.05, 3.63) is 59.4 Å². The van der Waals surface area contributed by atoms with Crippen molar-refractivity contribution < 1.29 is 9.53 Å². The smallest absolute Gasteiger partial charge is 0.256 e. The molecule has 134 valence electrons. The normalized spacial score (nSPS) is 12.2. The summed E-state index contributed by atoms with van der Waals surface area (Å²) in [6.45, 7) is 7.03. The van der Waals surface area contributed by atoms with Crippen LogP contribution in [0.3, 0.4) is 0 Å². The average Bonchev–Trinajstić information content (AvgIpc) is 2.60. The molecule has 1 atom stereocenters. The Morgan fingerprint density at radius 1 is 1.16 bits per heavy atom. The maximum absolute atomic E-state index is 12.9. The molecule has 0 aliphatic carbocycles. The molecule has 1 heterocycles. The highest BCUT2D eigenvalue weighted by molar-refractivity contribution is 6.30. The molecular formula is C20H25ClN2O2. The fourth-order valence-electron chi connectivity index (χ4n) is 2.34. The number of nitrogens with zero attached hydrogens (tertiary/aromatic N) is 2. The van der Waals surface area contributed by atoms with E-state index >= 15 is 0 Å². The molecule has 0 saturated heterocycles. The van der Waals surface area contributed by atoms with Crippen molar-refractivity contribution in [1.29, 1.82) is 0 Å². The van der Waals surface area contributed by atoms with Crippen molar-refractivity contribution in [3.63, 3.8) is 0 Å². The predicted octanol–water partition coefficient (Wildman–Crippen LogP) is 4.72. The summed E-state index contributed by atoms with van der Waals surface area (Å²) in [7, 11) is 0. The Hall–Kier alpha value is -1.91. The minimum Gasteiger partial charge on any atom is -0.369 e. The lowest BCUT2D eigenvalue weighted by Gasteiger charge is -2.26. The minimum absolute atomic E-state index is 0.0864. The third-order valence-corrected chi connectivity index (χ3v) is 4.11. The molecule has 4 nitrogen and oxygen atoms in total. The van der Waals surface area contributed by atoms with Gasteiger partial charge in [-0.25, -0.2) is 0 Å². The van der Waals surface area contributed by atoms with Crippen LogP contribution in [0.25, 0.3) is 0 Å². The van der Waals surface area contributed by atoms with Crippen LogP contribution in [-0.4, -0.2) is 23.6 Å². The molecule has 0 saturated carbocycles. The van der Waals surface area contributed by atoms with Crippen molar-refractivity contribution in [2.45, 2.75) is 39.8 Å². The summed E-state index contributed by atoms with van der Waals surface area (Å²) in [6, 6.07) is 12.9. The van der Waals surface area contributed by atoms with E-state index in [1.165, 1.54) is 0 Å².